The second-order valence-electron chi connectivity index (χ2n) is 4.66. The number of nitrogens with zero attached hydrogens (tertiary/aromatic N) is 1. The van der Waals surface area contributed by atoms with Crippen LogP contribution in [0.1, 0.15) is 22.8 Å². The molecule has 1 unspecified atom stereocenters. The Kier molecular flexibility index (Phi) is 5.45. The van der Waals surface area contributed by atoms with Crippen LogP contribution in [0.3, 0.4) is 0 Å². The van der Waals surface area contributed by atoms with Crippen molar-refractivity contribution in [1.29, 1.82) is 0 Å². The average Bonchev–Trinajstić information content (AvgIpc) is 2.44. The first-order valence-electron chi connectivity index (χ1n) is 6.32. The SMILES string of the molecule is CC(Cc1ccccc1Cl)NC(=O)c1cc(Cl)ncc1Cl. The number of amides is 1. The summed E-state index contributed by atoms with van der Waals surface area (Å²) in [5.74, 6) is -0.288. The summed E-state index contributed by atoms with van der Waals surface area (Å²) in [5.41, 5.74) is 1.29. The van der Waals surface area contributed by atoms with E-state index in [1.54, 1.807) is 0 Å². The first kappa shape index (κ1) is 16.1. The number of rotatable bonds is 4. The fraction of sp³-hybridized carbons (Fsp3) is 0.200. The number of pyridine rings is 1. The molecule has 0 spiro atoms. The maximum atomic E-state index is 12.2. The molecule has 1 heterocycles. The van der Waals surface area contributed by atoms with E-state index in [4.69, 9.17) is 34.8 Å². The number of carbonyl (C=O) groups excluding carboxylic acids is 1. The largest absolute Gasteiger partial charge is 0.349 e. The first-order chi connectivity index (χ1) is 9.97. The summed E-state index contributed by atoms with van der Waals surface area (Å²) in [6, 6.07) is 8.89. The summed E-state index contributed by atoms with van der Waals surface area (Å²) in [6.45, 7) is 1.90. The lowest BCUT2D eigenvalue weighted by Gasteiger charge is -2.15. The molecule has 1 amide bonds. The number of carbonyl (C=O) groups is 1. The Morgan fingerprint density at radius 1 is 1.24 bits per heavy atom. The molecule has 0 aliphatic rings. The van der Waals surface area contributed by atoms with Gasteiger partial charge in [0.15, 0.2) is 0 Å². The minimum Gasteiger partial charge on any atom is -0.349 e. The van der Waals surface area contributed by atoms with Gasteiger partial charge in [0.1, 0.15) is 5.15 Å². The second kappa shape index (κ2) is 7.12. The van der Waals surface area contributed by atoms with Crippen LogP contribution in [0.4, 0.5) is 0 Å². The Balaban J connectivity index is 2.06. The third-order valence-corrected chi connectivity index (χ3v) is 3.80. The van der Waals surface area contributed by atoms with Gasteiger partial charge < -0.3 is 5.32 Å². The highest BCUT2D eigenvalue weighted by Gasteiger charge is 2.15. The molecule has 0 saturated heterocycles. The molecule has 2 rings (SSSR count). The second-order valence-corrected chi connectivity index (χ2v) is 5.86. The Morgan fingerprint density at radius 2 is 1.95 bits per heavy atom. The summed E-state index contributed by atoms with van der Waals surface area (Å²) in [7, 11) is 0. The minimum atomic E-state index is -0.288. The van der Waals surface area contributed by atoms with E-state index in [0.29, 0.717) is 17.0 Å². The van der Waals surface area contributed by atoms with Gasteiger partial charge in [-0.25, -0.2) is 4.98 Å². The molecule has 0 aliphatic heterocycles. The lowest BCUT2D eigenvalue weighted by Crippen LogP contribution is -2.34. The number of hydrogen-bond donors (Lipinski definition) is 1. The van der Waals surface area contributed by atoms with Gasteiger partial charge in [-0.1, -0.05) is 53.0 Å². The topological polar surface area (TPSA) is 42.0 Å². The van der Waals surface area contributed by atoms with Crippen LogP contribution < -0.4 is 5.32 Å². The fourth-order valence-corrected chi connectivity index (χ4v) is 2.49. The van der Waals surface area contributed by atoms with E-state index < -0.39 is 0 Å². The zero-order valence-electron chi connectivity index (χ0n) is 11.2. The van der Waals surface area contributed by atoms with Crippen molar-refractivity contribution in [2.75, 3.05) is 0 Å². The van der Waals surface area contributed by atoms with Crippen LogP contribution in [-0.2, 0) is 6.42 Å². The zero-order valence-corrected chi connectivity index (χ0v) is 13.5. The van der Waals surface area contributed by atoms with E-state index in [0.717, 1.165) is 5.56 Å². The van der Waals surface area contributed by atoms with Gasteiger partial charge >= 0.3 is 0 Å². The zero-order chi connectivity index (χ0) is 15.4. The fourth-order valence-electron chi connectivity index (χ4n) is 1.93. The minimum absolute atomic E-state index is 0.0968. The molecular weight excluding hydrogens is 331 g/mol. The van der Waals surface area contributed by atoms with Crippen LogP contribution in [-0.4, -0.2) is 16.9 Å². The van der Waals surface area contributed by atoms with Gasteiger partial charge in [0.05, 0.1) is 10.6 Å². The maximum Gasteiger partial charge on any atom is 0.253 e. The van der Waals surface area contributed by atoms with Gasteiger partial charge in [-0.2, -0.15) is 0 Å². The van der Waals surface area contributed by atoms with Crippen LogP contribution in [0.25, 0.3) is 0 Å². The Morgan fingerprint density at radius 3 is 2.67 bits per heavy atom. The molecule has 0 saturated carbocycles. The maximum absolute atomic E-state index is 12.2. The van der Waals surface area contributed by atoms with Crippen molar-refractivity contribution < 1.29 is 4.79 Å². The normalized spacial score (nSPS) is 12.0. The Labute approximate surface area is 138 Å². The summed E-state index contributed by atoms with van der Waals surface area (Å²) in [4.78, 5) is 16.0. The van der Waals surface area contributed by atoms with E-state index in [9.17, 15) is 4.79 Å². The number of halogens is 3. The number of hydrogen-bond acceptors (Lipinski definition) is 2. The van der Waals surface area contributed by atoms with E-state index in [1.165, 1.54) is 12.3 Å². The van der Waals surface area contributed by atoms with Crippen LogP contribution in [0.15, 0.2) is 36.5 Å². The highest BCUT2D eigenvalue weighted by atomic mass is 35.5. The molecule has 21 heavy (non-hydrogen) atoms. The lowest BCUT2D eigenvalue weighted by atomic mass is 10.1. The van der Waals surface area contributed by atoms with E-state index in [2.05, 4.69) is 10.3 Å². The van der Waals surface area contributed by atoms with Crippen LogP contribution in [0.2, 0.25) is 15.2 Å². The molecular formula is C15H13Cl3N2O. The van der Waals surface area contributed by atoms with Gasteiger partial charge in [0, 0.05) is 17.3 Å². The van der Waals surface area contributed by atoms with Crippen molar-refractivity contribution in [3.8, 4) is 0 Å². The highest BCUT2D eigenvalue weighted by Crippen LogP contribution is 2.19. The average molecular weight is 344 g/mol. The van der Waals surface area contributed by atoms with Gasteiger partial charge in [-0.05, 0) is 31.0 Å². The standard InChI is InChI=1S/C15H13Cl3N2O/c1-9(6-10-4-2-3-5-12(10)16)20-15(21)11-7-14(18)19-8-13(11)17/h2-5,7-9H,6H2,1H3,(H,20,21). The van der Waals surface area contributed by atoms with Gasteiger partial charge in [-0.3, -0.25) is 4.79 Å². The van der Waals surface area contributed by atoms with Crippen molar-refractivity contribution in [1.82, 2.24) is 10.3 Å². The molecule has 0 aliphatic carbocycles. The van der Waals surface area contributed by atoms with Crippen molar-refractivity contribution in [2.24, 2.45) is 0 Å². The van der Waals surface area contributed by atoms with Gasteiger partial charge in [0.25, 0.3) is 5.91 Å². The smallest absolute Gasteiger partial charge is 0.253 e. The van der Waals surface area contributed by atoms with E-state index in [-0.39, 0.29) is 22.1 Å². The molecule has 2 aromatic rings. The molecule has 1 aromatic carbocycles. The van der Waals surface area contributed by atoms with Gasteiger partial charge in [0.2, 0.25) is 0 Å². The Hall–Kier alpha value is -1.29. The number of nitrogens with one attached hydrogen (secondary N) is 1. The summed E-state index contributed by atoms with van der Waals surface area (Å²) in [6.07, 6.45) is 1.99. The number of aromatic nitrogens is 1. The molecule has 1 aromatic heterocycles. The molecule has 1 N–H and O–H groups in total. The van der Waals surface area contributed by atoms with Gasteiger partial charge in [-0.15, -0.1) is 0 Å². The van der Waals surface area contributed by atoms with Crippen molar-refractivity contribution >= 4 is 40.7 Å². The number of benzene rings is 1. The molecule has 0 fully saturated rings. The van der Waals surface area contributed by atoms with Crippen LogP contribution >= 0.6 is 34.8 Å². The third-order valence-electron chi connectivity index (χ3n) is 2.93. The molecule has 110 valence electrons. The molecule has 0 bridgehead atoms. The van der Waals surface area contributed by atoms with E-state index >= 15 is 0 Å². The molecule has 1 atom stereocenters. The van der Waals surface area contributed by atoms with Crippen LogP contribution in [0.5, 0.6) is 0 Å². The van der Waals surface area contributed by atoms with Crippen molar-refractivity contribution in [3.05, 3.63) is 62.9 Å². The monoisotopic (exact) mass is 342 g/mol. The van der Waals surface area contributed by atoms with E-state index in [1.807, 2.05) is 31.2 Å². The summed E-state index contributed by atoms with van der Waals surface area (Å²) >= 11 is 17.8. The molecule has 3 nitrogen and oxygen atoms in total. The third kappa shape index (κ3) is 4.34. The quantitative estimate of drug-likeness (QED) is 0.836. The summed E-state index contributed by atoms with van der Waals surface area (Å²) in [5, 5.41) is 4.05. The van der Waals surface area contributed by atoms with Crippen LogP contribution in [0, 0.1) is 0 Å². The summed E-state index contributed by atoms with van der Waals surface area (Å²) < 4.78 is 0. The van der Waals surface area contributed by atoms with Crippen molar-refractivity contribution in [3.63, 3.8) is 0 Å². The first-order valence-corrected chi connectivity index (χ1v) is 7.46. The Bertz CT molecular complexity index is 661. The highest BCUT2D eigenvalue weighted by molar-refractivity contribution is 6.35. The predicted molar refractivity (Wildman–Crippen MR) is 86.3 cm³/mol. The molecule has 0 radical (unpaired) electrons. The predicted octanol–water partition coefficient (Wildman–Crippen LogP) is 4.40. The van der Waals surface area contributed by atoms with Crippen molar-refractivity contribution in [2.45, 2.75) is 19.4 Å². The molecule has 6 heteroatoms. The lowest BCUT2D eigenvalue weighted by molar-refractivity contribution is 0.0940.